The number of hydrogen-bond acceptors (Lipinski definition) is 3. The molecule has 4 rings (SSSR count). The maximum atomic E-state index is 14.7. The third kappa shape index (κ3) is 4.58. The van der Waals surface area contributed by atoms with Crippen molar-refractivity contribution in [3.05, 3.63) is 70.8 Å². The second-order valence-corrected chi connectivity index (χ2v) is 10.4. The fourth-order valence-electron chi connectivity index (χ4n) is 5.85. The van der Waals surface area contributed by atoms with E-state index in [1.807, 2.05) is 13.8 Å². The van der Waals surface area contributed by atoms with Crippen molar-refractivity contribution in [1.29, 1.82) is 0 Å². The lowest BCUT2D eigenvalue weighted by atomic mass is 9.70. The molecule has 2 fully saturated rings. The Morgan fingerprint density at radius 1 is 0.914 bits per heavy atom. The zero-order valence-corrected chi connectivity index (χ0v) is 20.4. The lowest BCUT2D eigenvalue weighted by Gasteiger charge is -2.48. The van der Waals surface area contributed by atoms with Crippen molar-refractivity contribution in [3.63, 3.8) is 0 Å². The Bertz CT molecular complexity index is 1100. The fraction of sp³-hybridized carbons (Fsp3) is 0.519. The molecule has 1 amide bonds. The van der Waals surface area contributed by atoms with Crippen LogP contribution in [0, 0.1) is 41.0 Å². The largest absolute Gasteiger partial charge is 0.384 e. The number of rotatable bonds is 4. The summed E-state index contributed by atoms with van der Waals surface area (Å²) in [6.45, 7) is 8.95. The minimum Gasteiger partial charge on any atom is -0.384 e. The van der Waals surface area contributed by atoms with Gasteiger partial charge in [0.1, 0.15) is 11.6 Å². The van der Waals surface area contributed by atoms with E-state index in [0.29, 0.717) is 18.7 Å². The normalized spacial score (nSPS) is 29.7. The van der Waals surface area contributed by atoms with Gasteiger partial charge in [0.05, 0.1) is 11.5 Å². The highest BCUT2D eigenvalue weighted by Crippen LogP contribution is 2.43. The summed E-state index contributed by atoms with van der Waals surface area (Å²) >= 11 is 0. The standard InChI is InChI=1S/C27H32F4N2O2/c1-15(2)32-13-21(20-7-6-19(28)10-24(20)30)22(14-32)26(34)33-11-16(3)27(35,17(4)12-33)18-5-8-23(29)25(31)9-18/h5-10,15-17,21-22,35H,11-14H2,1-4H3/t16?,17?,21-,22+,27?/m0/s1. The Morgan fingerprint density at radius 2 is 1.57 bits per heavy atom. The number of nitrogens with zero attached hydrogens (tertiary/aromatic N) is 2. The molecule has 2 aromatic rings. The van der Waals surface area contributed by atoms with Crippen LogP contribution in [0.3, 0.4) is 0 Å². The molecule has 2 aromatic carbocycles. The Hall–Kier alpha value is -2.45. The zero-order chi connectivity index (χ0) is 25.7. The van der Waals surface area contributed by atoms with Crippen molar-refractivity contribution in [3.8, 4) is 0 Å². The van der Waals surface area contributed by atoms with Gasteiger partial charge in [0.15, 0.2) is 11.6 Å². The van der Waals surface area contributed by atoms with Crippen LogP contribution in [0.5, 0.6) is 0 Å². The van der Waals surface area contributed by atoms with Gasteiger partial charge < -0.3 is 10.0 Å². The van der Waals surface area contributed by atoms with Crippen molar-refractivity contribution in [2.24, 2.45) is 17.8 Å². The molecular formula is C27H32F4N2O2. The van der Waals surface area contributed by atoms with Crippen LogP contribution in [0.15, 0.2) is 36.4 Å². The molecule has 0 aromatic heterocycles. The average molecular weight is 493 g/mol. The van der Waals surface area contributed by atoms with Gasteiger partial charge in [0, 0.05) is 56.0 Å². The second kappa shape index (κ2) is 9.54. The minimum absolute atomic E-state index is 0.145. The number of hydrogen-bond donors (Lipinski definition) is 1. The van der Waals surface area contributed by atoms with Gasteiger partial charge in [0.2, 0.25) is 5.91 Å². The number of halogens is 4. The summed E-state index contributed by atoms with van der Waals surface area (Å²) in [5.74, 6) is -5.35. The highest BCUT2D eigenvalue weighted by Gasteiger charge is 2.49. The molecule has 35 heavy (non-hydrogen) atoms. The molecule has 0 bridgehead atoms. The summed E-state index contributed by atoms with van der Waals surface area (Å²) in [6.07, 6.45) is 0. The van der Waals surface area contributed by atoms with Gasteiger partial charge in [-0.05, 0) is 43.2 Å². The van der Waals surface area contributed by atoms with Crippen molar-refractivity contribution >= 4 is 5.91 Å². The maximum absolute atomic E-state index is 14.7. The molecule has 8 heteroatoms. The minimum atomic E-state index is -1.44. The summed E-state index contributed by atoms with van der Waals surface area (Å²) in [5.41, 5.74) is -0.834. The first kappa shape index (κ1) is 25.6. The highest BCUT2D eigenvalue weighted by atomic mass is 19.2. The average Bonchev–Trinajstić information content (AvgIpc) is 3.24. The number of carbonyl (C=O) groups excluding carboxylic acids is 1. The van der Waals surface area contributed by atoms with Gasteiger partial charge in [-0.25, -0.2) is 17.6 Å². The first-order valence-corrected chi connectivity index (χ1v) is 12.1. The molecule has 0 radical (unpaired) electrons. The Kier molecular flexibility index (Phi) is 6.99. The van der Waals surface area contributed by atoms with Crippen LogP contribution in [0.4, 0.5) is 17.6 Å². The summed E-state index contributed by atoms with van der Waals surface area (Å²) in [6, 6.07) is 7.03. The van der Waals surface area contributed by atoms with Crippen LogP contribution >= 0.6 is 0 Å². The topological polar surface area (TPSA) is 43.8 Å². The SMILES string of the molecule is CC(C)N1C[C@@H](C(=O)N2CC(C)C(O)(c3ccc(F)c(F)c3)C(C)C2)[C@H](c2ccc(F)cc2F)C1. The molecule has 2 aliphatic heterocycles. The molecule has 4 nitrogen and oxygen atoms in total. The molecule has 2 aliphatic rings. The molecule has 1 N–H and O–H groups in total. The van der Waals surface area contributed by atoms with Gasteiger partial charge in [-0.15, -0.1) is 0 Å². The number of benzene rings is 2. The van der Waals surface area contributed by atoms with E-state index in [9.17, 15) is 27.5 Å². The molecule has 2 saturated heterocycles. The van der Waals surface area contributed by atoms with Crippen LogP contribution in [-0.2, 0) is 10.4 Å². The van der Waals surface area contributed by atoms with Crippen molar-refractivity contribution in [2.45, 2.75) is 45.3 Å². The number of amides is 1. The molecule has 0 saturated carbocycles. The van der Waals surface area contributed by atoms with Crippen LogP contribution in [-0.4, -0.2) is 53.0 Å². The van der Waals surface area contributed by atoms with Crippen LogP contribution < -0.4 is 0 Å². The maximum Gasteiger partial charge on any atom is 0.227 e. The molecule has 0 spiro atoms. The number of likely N-dealkylation sites (tertiary alicyclic amines) is 2. The number of carbonyl (C=O) groups is 1. The lowest BCUT2D eigenvalue weighted by Crippen LogP contribution is -2.57. The number of piperidine rings is 1. The van der Waals surface area contributed by atoms with Crippen LogP contribution in [0.2, 0.25) is 0 Å². The van der Waals surface area contributed by atoms with Crippen molar-refractivity contribution in [1.82, 2.24) is 9.80 Å². The molecule has 2 heterocycles. The molecule has 190 valence electrons. The van der Waals surface area contributed by atoms with E-state index in [1.54, 1.807) is 18.7 Å². The number of aliphatic hydroxyl groups is 1. The third-order valence-corrected chi connectivity index (χ3v) is 7.94. The molecule has 2 unspecified atom stereocenters. The lowest BCUT2D eigenvalue weighted by molar-refractivity contribution is -0.152. The van der Waals surface area contributed by atoms with Crippen LogP contribution in [0.1, 0.15) is 44.7 Å². The van der Waals surface area contributed by atoms with Gasteiger partial charge in [-0.3, -0.25) is 9.69 Å². The first-order valence-electron chi connectivity index (χ1n) is 12.1. The van der Waals surface area contributed by atoms with Crippen LogP contribution in [0.25, 0.3) is 0 Å². The predicted octanol–water partition coefficient (Wildman–Crippen LogP) is 4.67. The summed E-state index contributed by atoms with van der Waals surface area (Å²) in [7, 11) is 0. The third-order valence-electron chi connectivity index (χ3n) is 7.94. The smallest absolute Gasteiger partial charge is 0.227 e. The summed E-state index contributed by atoms with van der Waals surface area (Å²) < 4.78 is 55.7. The Balaban J connectivity index is 1.60. The Morgan fingerprint density at radius 3 is 2.14 bits per heavy atom. The van der Waals surface area contributed by atoms with Gasteiger partial charge >= 0.3 is 0 Å². The van der Waals surface area contributed by atoms with E-state index < -0.39 is 52.5 Å². The van der Waals surface area contributed by atoms with E-state index in [0.717, 1.165) is 18.2 Å². The predicted molar refractivity (Wildman–Crippen MR) is 124 cm³/mol. The quantitative estimate of drug-likeness (QED) is 0.631. The van der Waals surface area contributed by atoms with E-state index in [4.69, 9.17) is 0 Å². The Labute approximate surface area is 203 Å². The van der Waals surface area contributed by atoms with Crippen molar-refractivity contribution in [2.75, 3.05) is 26.2 Å². The molecular weight excluding hydrogens is 460 g/mol. The summed E-state index contributed by atoms with van der Waals surface area (Å²) in [4.78, 5) is 17.6. The van der Waals surface area contributed by atoms with Gasteiger partial charge in [-0.2, -0.15) is 0 Å². The van der Waals surface area contributed by atoms with E-state index >= 15 is 0 Å². The van der Waals surface area contributed by atoms with E-state index in [1.165, 1.54) is 18.2 Å². The van der Waals surface area contributed by atoms with Gasteiger partial charge in [-0.1, -0.05) is 26.0 Å². The first-order chi connectivity index (χ1) is 16.4. The highest BCUT2D eigenvalue weighted by molar-refractivity contribution is 5.81. The summed E-state index contributed by atoms with van der Waals surface area (Å²) in [5, 5.41) is 11.5. The zero-order valence-electron chi connectivity index (χ0n) is 20.4. The molecule has 4 atom stereocenters. The van der Waals surface area contributed by atoms with E-state index in [-0.39, 0.29) is 30.6 Å². The van der Waals surface area contributed by atoms with Crippen molar-refractivity contribution < 1.29 is 27.5 Å². The van der Waals surface area contributed by atoms with E-state index in [2.05, 4.69) is 4.90 Å². The monoisotopic (exact) mass is 492 g/mol. The second-order valence-electron chi connectivity index (χ2n) is 10.4. The fourth-order valence-corrected chi connectivity index (χ4v) is 5.85. The van der Waals surface area contributed by atoms with Gasteiger partial charge in [0.25, 0.3) is 0 Å². The molecule has 0 aliphatic carbocycles.